The minimum Gasteiger partial charge on any atom is -0.463 e. The van der Waals surface area contributed by atoms with Crippen LogP contribution in [0.2, 0.25) is 0 Å². The van der Waals surface area contributed by atoms with Crippen molar-refractivity contribution < 1.29 is 9.53 Å². The summed E-state index contributed by atoms with van der Waals surface area (Å²) in [6.07, 6.45) is 2.32. The van der Waals surface area contributed by atoms with Crippen LogP contribution in [0.3, 0.4) is 0 Å². The van der Waals surface area contributed by atoms with E-state index in [1.165, 1.54) is 11.3 Å². The Bertz CT molecular complexity index is 504. The molecule has 0 aliphatic carbocycles. The number of rotatable bonds is 4. The Morgan fingerprint density at radius 2 is 2.33 bits per heavy atom. The van der Waals surface area contributed by atoms with Gasteiger partial charge in [0.25, 0.3) is 5.19 Å². The molecule has 18 heavy (non-hydrogen) atoms. The monoisotopic (exact) mass is 280 g/mol. The van der Waals surface area contributed by atoms with Crippen molar-refractivity contribution in [3.8, 4) is 5.19 Å². The summed E-state index contributed by atoms with van der Waals surface area (Å²) in [4.78, 5) is 18.9. The van der Waals surface area contributed by atoms with Gasteiger partial charge in [-0.2, -0.15) is 0 Å². The standard InChI is InChI=1S/C12H12N2O2S2/c15-11(6-10-2-1-4-17-10)14-7-9(8-14)16-12-13-3-5-18-12/h1-5,9H,6-8H2. The Labute approximate surface area is 113 Å². The highest BCUT2D eigenvalue weighted by Crippen LogP contribution is 2.21. The zero-order chi connectivity index (χ0) is 12.4. The number of carbonyl (C=O) groups is 1. The molecule has 1 fully saturated rings. The van der Waals surface area contributed by atoms with E-state index < -0.39 is 0 Å². The number of thiazole rings is 1. The van der Waals surface area contributed by atoms with Gasteiger partial charge in [-0.1, -0.05) is 17.4 Å². The molecule has 2 aromatic heterocycles. The fraction of sp³-hybridized carbons (Fsp3) is 0.333. The topological polar surface area (TPSA) is 42.4 Å². The molecular formula is C12H12N2O2S2. The normalized spacial score (nSPS) is 15.4. The minimum absolute atomic E-state index is 0.100. The van der Waals surface area contributed by atoms with Crippen LogP contribution >= 0.6 is 22.7 Å². The third-order valence-electron chi connectivity index (χ3n) is 2.78. The first-order chi connectivity index (χ1) is 8.81. The Kier molecular flexibility index (Phi) is 3.29. The number of ether oxygens (including phenoxy) is 1. The molecule has 1 saturated heterocycles. The fourth-order valence-electron chi connectivity index (χ4n) is 1.80. The van der Waals surface area contributed by atoms with Crippen molar-refractivity contribution in [1.29, 1.82) is 0 Å². The SMILES string of the molecule is O=C(Cc1cccs1)N1CC(Oc2nccs2)C1. The summed E-state index contributed by atoms with van der Waals surface area (Å²) in [7, 11) is 0. The average Bonchev–Trinajstić information content (AvgIpc) is 2.94. The van der Waals surface area contributed by atoms with Crippen molar-refractivity contribution in [2.24, 2.45) is 0 Å². The van der Waals surface area contributed by atoms with E-state index in [1.807, 2.05) is 27.8 Å². The summed E-state index contributed by atoms with van der Waals surface area (Å²) in [6.45, 7) is 1.34. The van der Waals surface area contributed by atoms with Crippen molar-refractivity contribution in [3.05, 3.63) is 34.0 Å². The van der Waals surface area contributed by atoms with Crippen LogP contribution in [0.1, 0.15) is 4.88 Å². The van der Waals surface area contributed by atoms with E-state index in [-0.39, 0.29) is 12.0 Å². The number of hydrogen-bond acceptors (Lipinski definition) is 5. The lowest BCUT2D eigenvalue weighted by Crippen LogP contribution is -2.56. The van der Waals surface area contributed by atoms with Crippen molar-refractivity contribution in [1.82, 2.24) is 9.88 Å². The molecule has 0 radical (unpaired) electrons. The van der Waals surface area contributed by atoms with Gasteiger partial charge < -0.3 is 9.64 Å². The van der Waals surface area contributed by atoms with Crippen molar-refractivity contribution in [2.75, 3.05) is 13.1 Å². The Hall–Kier alpha value is -1.40. The number of likely N-dealkylation sites (tertiary alicyclic amines) is 1. The maximum absolute atomic E-state index is 11.9. The molecule has 1 aliphatic heterocycles. The van der Waals surface area contributed by atoms with E-state index >= 15 is 0 Å². The van der Waals surface area contributed by atoms with Crippen LogP contribution < -0.4 is 4.74 Å². The predicted molar refractivity (Wildman–Crippen MR) is 71.1 cm³/mol. The molecular weight excluding hydrogens is 268 g/mol. The lowest BCUT2D eigenvalue weighted by molar-refractivity contribution is -0.139. The molecule has 1 aliphatic rings. The van der Waals surface area contributed by atoms with Crippen molar-refractivity contribution in [3.63, 3.8) is 0 Å². The predicted octanol–water partition coefficient (Wildman–Crippen LogP) is 2.04. The summed E-state index contributed by atoms with van der Waals surface area (Å²) in [5.41, 5.74) is 0. The Morgan fingerprint density at radius 3 is 3.00 bits per heavy atom. The van der Waals surface area contributed by atoms with E-state index in [0.717, 1.165) is 4.88 Å². The van der Waals surface area contributed by atoms with Crippen LogP contribution in [-0.2, 0) is 11.2 Å². The van der Waals surface area contributed by atoms with Crippen LogP contribution in [0.5, 0.6) is 5.19 Å². The number of aromatic nitrogens is 1. The first kappa shape index (κ1) is 11.7. The third-order valence-corrected chi connectivity index (χ3v) is 4.32. The molecule has 0 aromatic carbocycles. The summed E-state index contributed by atoms with van der Waals surface area (Å²) >= 11 is 3.10. The van der Waals surface area contributed by atoms with Crippen LogP contribution in [0, 0.1) is 0 Å². The number of hydrogen-bond donors (Lipinski definition) is 0. The average molecular weight is 280 g/mol. The van der Waals surface area contributed by atoms with Gasteiger partial charge in [0.15, 0.2) is 0 Å². The number of thiophene rings is 1. The number of nitrogens with zero attached hydrogens (tertiary/aromatic N) is 2. The molecule has 0 bridgehead atoms. The molecule has 3 rings (SSSR count). The maximum atomic E-state index is 11.9. The van der Waals surface area contributed by atoms with Gasteiger partial charge in [-0.3, -0.25) is 4.79 Å². The molecule has 1 amide bonds. The second-order valence-electron chi connectivity index (χ2n) is 4.09. The van der Waals surface area contributed by atoms with E-state index in [0.29, 0.717) is 24.7 Å². The van der Waals surface area contributed by atoms with Gasteiger partial charge in [0, 0.05) is 16.5 Å². The van der Waals surface area contributed by atoms with E-state index in [9.17, 15) is 4.79 Å². The quantitative estimate of drug-likeness (QED) is 0.860. The van der Waals surface area contributed by atoms with Crippen LogP contribution in [-0.4, -0.2) is 35.0 Å². The van der Waals surface area contributed by atoms with Crippen molar-refractivity contribution >= 4 is 28.6 Å². The molecule has 0 saturated carbocycles. The van der Waals surface area contributed by atoms with Gasteiger partial charge in [-0.05, 0) is 11.4 Å². The van der Waals surface area contributed by atoms with Gasteiger partial charge in [-0.25, -0.2) is 4.98 Å². The zero-order valence-corrected chi connectivity index (χ0v) is 11.2. The molecule has 94 valence electrons. The van der Waals surface area contributed by atoms with Gasteiger partial charge in [0.2, 0.25) is 5.91 Å². The molecule has 0 spiro atoms. The van der Waals surface area contributed by atoms with Crippen molar-refractivity contribution in [2.45, 2.75) is 12.5 Å². The number of amides is 1. The highest BCUT2D eigenvalue weighted by Gasteiger charge is 2.32. The summed E-state index contributed by atoms with van der Waals surface area (Å²) in [5, 5.41) is 4.56. The second-order valence-corrected chi connectivity index (χ2v) is 5.98. The molecule has 3 heterocycles. The van der Waals surface area contributed by atoms with Crippen LogP contribution in [0.15, 0.2) is 29.1 Å². The number of carbonyl (C=O) groups excluding carboxylic acids is 1. The van der Waals surface area contributed by atoms with E-state index in [1.54, 1.807) is 17.5 Å². The maximum Gasteiger partial charge on any atom is 0.273 e. The third kappa shape index (κ3) is 2.54. The highest BCUT2D eigenvalue weighted by atomic mass is 32.1. The highest BCUT2D eigenvalue weighted by molar-refractivity contribution is 7.11. The van der Waals surface area contributed by atoms with E-state index in [2.05, 4.69) is 4.98 Å². The van der Waals surface area contributed by atoms with Crippen LogP contribution in [0.25, 0.3) is 0 Å². The molecule has 0 atom stereocenters. The molecule has 0 N–H and O–H groups in total. The zero-order valence-electron chi connectivity index (χ0n) is 9.61. The largest absolute Gasteiger partial charge is 0.463 e. The summed E-state index contributed by atoms with van der Waals surface area (Å²) < 4.78 is 5.62. The van der Waals surface area contributed by atoms with Gasteiger partial charge >= 0.3 is 0 Å². The Morgan fingerprint density at radius 1 is 1.44 bits per heavy atom. The summed E-state index contributed by atoms with van der Waals surface area (Å²) in [5.74, 6) is 0.177. The molecule has 0 unspecified atom stereocenters. The first-order valence-corrected chi connectivity index (χ1v) is 7.43. The molecule has 4 nitrogen and oxygen atoms in total. The van der Waals surface area contributed by atoms with E-state index in [4.69, 9.17) is 4.74 Å². The minimum atomic E-state index is 0.100. The summed E-state index contributed by atoms with van der Waals surface area (Å²) in [6, 6.07) is 3.96. The smallest absolute Gasteiger partial charge is 0.273 e. The van der Waals surface area contributed by atoms with Gasteiger partial charge in [0.1, 0.15) is 6.10 Å². The fourth-order valence-corrected chi connectivity index (χ4v) is 3.05. The lowest BCUT2D eigenvalue weighted by Gasteiger charge is -2.38. The Balaban J connectivity index is 1.45. The first-order valence-electron chi connectivity index (χ1n) is 5.67. The lowest BCUT2D eigenvalue weighted by atomic mass is 10.1. The molecule has 6 heteroatoms. The van der Waals surface area contributed by atoms with Gasteiger partial charge in [0.05, 0.1) is 19.5 Å². The van der Waals surface area contributed by atoms with Gasteiger partial charge in [-0.15, -0.1) is 11.3 Å². The molecule has 2 aromatic rings. The second kappa shape index (κ2) is 5.07. The van der Waals surface area contributed by atoms with Crippen LogP contribution in [0.4, 0.5) is 0 Å².